The zero-order valence-corrected chi connectivity index (χ0v) is 14.9. The molecule has 0 aliphatic rings. The Morgan fingerprint density at radius 2 is 1.56 bits per heavy atom. The van der Waals surface area contributed by atoms with E-state index < -0.39 is 5.91 Å². The third-order valence-corrected chi connectivity index (χ3v) is 3.77. The average molecular weight is 394 g/mol. The molecule has 126 valence electrons. The molecule has 1 amide bonds. The van der Waals surface area contributed by atoms with Crippen molar-refractivity contribution < 1.29 is 4.79 Å². The number of benzene rings is 2. The first kappa shape index (κ1) is 17.5. The molecule has 0 unspecified atom stereocenters. The molecular formula is C17H11Cl3N4O. The van der Waals surface area contributed by atoms with Crippen molar-refractivity contribution in [3.8, 4) is 0 Å². The Balaban J connectivity index is 1.70. The molecule has 0 bridgehead atoms. The SMILES string of the molecule is O=C(Nc1cc(Cl)cc(Cl)c1)c1cnc(Nc2cccc(Cl)c2)cn1. The molecule has 0 radical (unpaired) electrons. The highest BCUT2D eigenvalue weighted by molar-refractivity contribution is 6.35. The van der Waals surface area contributed by atoms with E-state index in [4.69, 9.17) is 34.8 Å². The first-order valence-corrected chi connectivity index (χ1v) is 8.25. The number of halogens is 3. The Kier molecular flexibility index (Phi) is 5.38. The molecule has 8 heteroatoms. The summed E-state index contributed by atoms with van der Waals surface area (Å²) in [5.41, 5.74) is 1.41. The van der Waals surface area contributed by atoms with Crippen molar-refractivity contribution in [3.05, 3.63) is 75.6 Å². The molecule has 25 heavy (non-hydrogen) atoms. The van der Waals surface area contributed by atoms with Crippen molar-refractivity contribution in [3.63, 3.8) is 0 Å². The fourth-order valence-electron chi connectivity index (χ4n) is 2.05. The minimum Gasteiger partial charge on any atom is -0.339 e. The van der Waals surface area contributed by atoms with Crippen LogP contribution in [0.25, 0.3) is 0 Å². The lowest BCUT2D eigenvalue weighted by Gasteiger charge is -2.08. The summed E-state index contributed by atoms with van der Waals surface area (Å²) in [4.78, 5) is 20.5. The number of hydrogen-bond acceptors (Lipinski definition) is 4. The Morgan fingerprint density at radius 1 is 0.840 bits per heavy atom. The predicted octanol–water partition coefficient (Wildman–Crippen LogP) is 5.43. The van der Waals surface area contributed by atoms with E-state index in [1.54, 1.807) is 30.3 Å². The molecule has 0 aliphatic carbocycles. The maximum Gasteiger partial charge on any atom is 0.275 e. The van der Waals surface area contributed by atoms with Crippen molar-refractivity contribution in [2.45, 2.75) is 0 Å². The topological polar surface area (TPSA) is 66.9 Å². The molecule has 0 atom stereocenters. The average Bonchev–Trinajstić information content (AvgIpc) is 2.54. The van der Waals surface area contributed by atoms with Gasteiger partial charge in [-0.25, -0.2) is 9.97 Å². The van der Waals surface area contributed by atoms with Crippen molar-refractivity contribution in [1.29, 1.82) is 0 Å². The van der Waals surface area contributed by atoms with Crippen molar-refractivity contribution in [1.82, 2.24) is 9.97 Å². The number of nitrogens with one attached hydrogen (secondary N) is 2. The van der Waals surface area contributed by atoms with Crippen LogP contribution in [0.4, 0.5) is 17.2 Å². The van der Waals surface area contributed by atoms with Crippen molar-refractivity contribution in [2.75, 3.05) is 10.6 Å². The van der Waals surface area contributed by atoms with E-state index >= 15 is 0 Å². The normalized spacial score (nSPS) is 10.4. The summed E-state index contributed by atoms with van der Waals surface area (Å²) >= 11 is 17.7. The molecule has 0 saturated carbocycles. The summed E-state index contributed by atoms with van der Waals surface area (Å²) in [6, 6.07) is 11.9. The highest BCUT2D eigenvalue weighted by atomic mass is 35.5. The molecule has 5 nitrogen and oxygen atoms in total. The van der Waals surface area contributed by atoms with Gasteiger partial charge in [0.2, 0.25) is 0 Å². The van der Waals surface area contributed by atoms with Crippen LogP contribution in [0, 0.1) is 0 Å². The van der Waals surface area contributed by atoms with Gasteiger partial charge in [0.25, 0.3) is 5.91 Å². The minimum atomic E-state index is -0.417. The zero-order chi connectivity index (χ0) is 17.8. The van der Waals surface area contributed by atoms with E-state index in [9.17, 15) is 4.79 Å². The lowest BCUT2D eigenvalue weighted by molar-refractivity contribution is 0.102. The Morgan fingerprint density at radius 3 is 2.20 bits per heavy atom. The van der Waals surface area contributed by atoms with Crippen LogP contribution in [0.3, 0.4) is 0 Å². The largest absolute Gasteiger partial charge is 0.339 e. The van der Waals surface area contributed by atoms with Gasteiger partial charge in [0.1, 0.15) is 11.5 Å². The smallest absolute Gasteiger partial charge is 0.275 e. The van der Waals surface area contributed by atoms with E-state index in [1.807, 2.05) is 12.1 Å². The summed E-state index contributed by atoms with van der Waals surface area (Å²) in [5, 5.41) is 7.18. The van der Waals surface area contributed by atoms with Gasteiger partial charge in [-0.05, 0) is 36.4 Å². The van der Waals surface area contributed by atoms with Crippen LogP contribution in [-0.4, -0.2) is 15.9 Å². The van der Waals surface area contributed by atoms with Gasteiger partial charge in [-0.2, -0.15) is 0 Å². The number of carbonyl (C=O) groups is 1. The molecular weight excluding hydrogens is 383 g/mol. The first-order valence-electron chi connectivity index (χ1n) is 7.12. The summed E-state index contributed by atoms with van der Waals surface area (Å²) in [5.74, 6) is 0.0738. The standard InChI is InChI=1S/C17H11Cl3N4O/c18-10-2-1-3-13(5-10)23-16-9-21-15(8-22-16)17(25)24-14-6-11(19)4-12(20)7-14/h1-9H,(H,22,23)(H,24,25). The van der Waals surface area contributed by atoms with Crippen LogP contribution >= 0.6 is 34.8 Å². The monoisotopic (exact) mass is 392 g/mol. The summed E-state index contributed by atoms with van der Waals surface area (Å²) in [6.07, 6.45) is 2.83. The number of carbonyl (C=O) groups excluding carboxylic acids is 1. The van der Waals surface area contributed by atoms with Crippen LogP contribution in [0.15, 0.2) is 54.9 Å². The maximum absolute atomic E-state index is 12.2. The third kappa shape index (κ3) is 4.82. The molecule has 2 N–H and O–H groups in total. The third-order valence-electron chi connectivity index (χ3n) is 3.10. The van der Waals surface area contributed by atoms with E-state index in [2.05, 4.69) is 20.6 Å². The van der Waals surface area contributed by atoms with Gasteiger partial charge in [-0.1, -0.05) is 40.9 Å². The highest BCUT2D eigenvalue weighted by Gasteiger charge is 2.10. The van der Waals surface area contributed by atoms with Gasteiger partial charge in [-0.3, -0.25) is 4.79 Å². The van der Waals surface area contributed by atoms with Gasteiger partial charge >= 0.3 is 0 Å². The van der Waals surface area contributed by atoms with Gasteiger partial charge in [0.15, 0.2) is 0 Å². The van der Waals surface area contributed by atoms with Crippen molar-refractivity contribution >= 4 is 57.9 Å². The van der Waals surface area contributed by atoms with E-state index in [0.29, 0.717) is 26.6 Å². The molecule has 3 aromatic rings. The van der Waals surface area contributed by atoms with Crippen LogP contribution in [0.5, 0.6) is 0 Å². The van der Waals surface area contributed by atoms with Gasteiger partial charge in [0.05, 0.1) is 12.4 Å². The molecule has 1 aromatic heterocycles. The highest BCUT2D eigenvalue weighted by Crippen LogP contribution is 2.23. The Labute approximate surface area is 159 Å². The van der Waals surface area contributed by atoms with E-state index in [0.717, 1.165) is 5.69 Å². The molecule has 0 spiro atoms. The second kappa shape index (κ2) is 7.70. The van der Waals surface area contributed by atoms with E-state index in [1.165, 1.54) is 12.4 Å². The lowest BCUT2D eigenvalue weighted by atomic mass is 10.3. The van der Waals surface area contributed by atoms with Crippen LogP contribution in [-0.2, 0) is 0 Å². The Hall–Kier alpha value is -2.34. The number of anilines is 3. The molecule has 3 rings (SSSR count). The number of aromatic nitrogens is 2. The zero-order valence-electron chi connectivity index (χ0n) is 12.6. The minimum absolute atomic E-state index is 0.160. The lowest BCUT2D eigenvalue weighted by Crippen LogP contribution is -2.14. The van der Waals surface area contributed by atoms with E-state index in [-0.39, 0.29) is 5.69 Å². The molecule has 1 heterocycles. The summed E-state index contributed by atoms with van der Waals surface area (Å²) < 4.78 is 0. The van der Waals surface area contributed by atoms with Crippen LogP contribution < -0.4 is 10.6 Å². The molecule has 2 aromatic carbocycles. The van der Waals surface area contributed by atoms with Crippen molar-refractivity contribution in [2.24, 2.45) is 0 Å². The van der Waals surface area contributed by atoms with Crippen LogP contribution in [0.1, 0.15) is 10.5 Å². The fraction of sp³-hybridized carbons (Fsp3) is 0. The van der Waals surface area contributed by atoms with Gasteiger partial charge < -0.3 is 10.6 Å². The molecule has 0 fully saturated rings. The van der Waals surface area contributed by atoms with Crippen LogP contribution in [0.2, 0.25) is 15.1 Å². The number of nitrogens with zero attached hydrogens (tertiary/aromatic N) is 2. The summed E-state index contributed by atoms with van der Waals surface area (Å²) in [7, 11) is 0. The van der Waals surface area contributed by atoms with Gasteiger partial charge in [0, 0.05) is 26.4 Å². The number of hydrogen-bond donors (Lipinski definition) is 2. The predicted molar refractivity (Wildman–Crippen MR) is 101 cm³/mol. The second-order valence-corrected chi connectivity index (χ2v) is 6.34. The number of amides is 1. The second-order valence-electron chi connectivity index (χ2n) is 5.03. The maximum atomic E-state index is 12.2. The molecule has 0 aliphatic heterocycles. The number of rotatable bonds is 4. The summed E-state index contributed by atoms with van der Waals surface area (Å²) in [6.45, 7) is 0. The molecule has 0 saturated heterocycles. The quantitative estimate of drug-likeness (QED) is 0.620. The first-order chi connectivity index (χ1) is 12.0. The Bertz CT molecular complexity index is 896. The fourth-order valence-corrected chi connectivity index (χ4v) is 2.76. The van der Waals surface area contributed by atoms with Gasteiger partial charge in [-0.15, -0.1) is 0 Å².